The number of anilines is 3. The molecule has 2 aliphatic rings. The van der Waals surface area contributed by atoms with E-state index in [-0.39, 0.29) is 6.04 Å². The zero-order valence-electron chi connectivity index (χ0n) is 20.3. The Labute approximate surface area is 201 Å². The summed E-state index contributed by atoms with van der Waals surface area (Å²) in [5.41, 5.74) is 8.14. The first kappa shape index (κ1) is 23.9. The van der Waals surface area contributed by atoms with Gasteiger partial charge in [-0.1, -0.05) is 19.9 Å². The van der Waals surface area contributed by atoms with Crippen LogP contribution >= 0.6 is 0 Å². The van der Waals surface area contributed by atoms with Crippen molar-refractivity contribution in [2.45, 2.75) is 39.2 Å². The van der Waals surface area contributed by atoms with Gasteiger partial charge in [0.15, 0.2) is 0 Å². The fraction of sp³-hybridized carbons (Fsp3) is 0.520. The zero-order valence-corrected chi connectivity index (χ0v) is 20.3. The smallest absolute Gasteiger partial charge is 0.313 e. The van der Waals surface area contributed by atoms with E-state index >= 15 is 0 Å². The fourth-order valence-corrected chi connectivity index (χ4v) is 4.73. The Kier molecular flexibility index (Phi) is 7.31. The average molecular weight is 466 g/mol. The van der Waals surface area contributed by atoms with E-state index in [0.29, 0.717) is 30.4 Å². The summed E-state index contributed by atoms with van der Waals surface area (Å²) < 4.78 is 0. The molecule has 182 valence electrons. The molecule has 34 heavy (non-hydrogen) atoms. The number of carbonyl (C=O) groups excluding carboxylic acids is 2. The molecule has 2 saturated heterocycles. The van der Waals surface area contributed by atoms with Crippen LogP contribution in [-0.4, -0.2) is 71.4 Å². The molecule has 0 spiro atoms. The first-order valence-corrected chi connectivity index (χ1v) is 12.1. The van der Waals surface area contributed by atoms with Gasteiger partial charge < -0.3 is 25.8 Å². The summed E-state index contributed by atoms with van der Waals surface area (Å²) in [6, 6.07) is 5.69. The van der Waals surface area contributed by atoms with Crippen molar-refractivity contribution >= 4 is 29.1 Å². The van der Waals surface area contributed by atoms with Crippen molar-refractivity contribution < 1.29 is 9.59 Å². The van der Waals surface area contributed by atoms with E-state index in [1.165, 1.54) is 6.20 Å². The van der Waals surface area contributed by atoms with Crippen LogP contribution in [0.1, 0.15) is 43.9 Å². The van der Waals surface area contributed by atoms with E-state index in [9.17, 15) is 9.59 Å². The third kappa shape index (κ3) is 5.30. The van der Waals surface area contributed by atoms with Gasteiger partial charge in [-0.05, 0) is 55.5 Å². The van der Waals surface area contributed by atoms with Crippen LogP contribution in [0.15, 0.2) is 30.6 Å². The number of hydrogen-bond donors (Lipinski definition) is 2. The number of likely N-dealkylation sites (N-methyl/N-ethyl adjacent to an activating group) is 1. The molecular weight excluding hydrogens is 430 g/mol. The van der Waals surface area contributed by atoms with Gasteiger partial charge in [-0.2, -0.15) is 0 Å². The highest BCUT2D eigenvalue weighted by Gasteiger charge is 2.34. The van der Waals surface area contributed by atoms with E-state index in [1.54, 1.807) is 11.0 Å². The monoisotopic (exact) mass is 465 g/mol. The second kappa shape index (κ2) is 10.4. The molecule has 2 aliphatic heterocycles. The second-order valence-corrected chi connectivity index (χ2v) is 9.47. The van der Waals surface area contributed by atoms with Crippen LogP contribution in [0.25, 0.3) is 0 Å². The molecule has 2 aromatic rings. The number of nitrogens with two attached hydrogens (primary N) is 1. The molecule has 4 heterocycles. The van der Waals surface area contributed by atoms with Gasteiger partial charge in [-0.25, -0.2) is 9.97 Å². The SMILES string of the molecule is CCc1cc(NC(=O)C(=O)N2C[C@@H](C)CC[C@@H]2c2ccc(N3CCN(C)CC3)nc2)cnc1N. The molecule has 2 amide bonds. The number of amides is 2. The maximum Gasteiger partial charge on any atom is 0.313 e. The topological polar surface area (TPSA) is 108 Å². The first-order chi connectivity index (χ1) is 16.4. The normalized spacial score (nSPS) is 21.4. The molecule has 2 aromatic heterocycles. The standard InChI is InChI=1S/C25H35N7O2/c1-4-18-13-20(15-28-23(18)26)29-24(33)25(34)32-16-17(2)5-7-21(32)19-6-8-22(27-14-19)31-11-9-30(3)10-12-31/h6,8,13-15,17,21H,4-5,7,9-12,16H2,1-3H3,(H2,26,28)(H,29,33)/t17-,21+/m0/s1. The molecule has 0 aliphatic carbocycles. The third-order valence-electron chi connectivity index (χ3n) is 6.90. The highest BCUT2D eigenvalue weighted by atomic mass is 16.2. The van der Waals surface area contributed by atoms with E-state index in [1.807, 2.05) is 19.2 Å². The second-order valence-electron chi connectivity index (χ2n) is 9.47. The summed E-state index contributed by atoms with van der Waals surface area (Å²) in [7, 11) is 2.13. The summed E-state index contributed by atoms with van der Waals surface area (Å²) in [6.45, 7) is 8.56. The number of carbonyl (C=O) groups is 2. The molecule has 0 bridgehead atoms. The molecule has 0 unspecified atom stereocenters. The number of aryl methyl sites for hydroxylation is 1. The number of piperidine rings is 1. The minimum atomic E-state index is -0.658. The summed E-state index contributed by atoms with van der Waals surface area (Å²) >= 11 is 0. The van der Waals surface area contributed by atoms with Crippen LogP contribution in [0.3, 0.4) is 0 Å². The Balaban J connectivity index is 1.48. The average Bonchev–Trinajstić information content (AvgIpc) is 2.85. The molecule has 0 aromatic carbocycles. The highest BCUT2D eigenvalue weighted by molar-refractivity contribution is 6.39. The van der Waals surface area contributed by atoms with Crippen LogP contribution in [0.2, 0.25) is 0 Å². The number of piperazine rings is 1. The number of likely N-dealkylation sites (tertiary alicyclic amines) is 1. The molecular formula is C25H35N7O2. The number of aromatic nitrogens is 2. The maximum atomic E-state index is 13.2. The van der Waals surface area contributed by atoms with Crippen LogP contribution in [-0.2, 0) is 16.0 Å². The van der Waals surface area contributed by atoms with Gasteiger partial charge in [0, 0.05) is 38.9 Å². The molecule has 9 heteroatoms. The van der Waals surface area contributed by atoms with Gasteiger partial charge >= 0.3 is 11.8 Å². The predicted octanol–water partition coefficient (Wildman–Crippen LogP) is 2.31. The molecule has 0 saturated carbocycles. The van der Waals surface area contributed by atoms with Crippen molar-refractivity contribution in [3.8, 4) is 0 Å². The molecule has 2 atom stereocenters. The van der Waals surface area contributed by atoms with Gasteiger partial charge in [0.05, 0.1) is 17.9 Å². The molecule has 3 N–H and O–H groups in total. The molecule has 9 nitrogen and oxygen atoms in total. The molecule has 2 fully saturated rings. The molecule has 4 rings (SSSR count). The molecule has 0 radical (unpaired) electrons. The lowest BCUT2D eigenvalue weighted by Crippen LogP contribution is -2.46. The lowest BCUT2D eigenvalue weighted by atomic mass is 9.90. The van der Waals surface area contributed by atoms with Gasteiger partial charge in [0.1, 0.15) is 11.6 Å². The minimum absolute atomic E-state index is 0.167. The van der Waals surface area contributed by atoms with E-state index in [4.69, 9.17) is 10.7 Å². The van der Waals surface area contributed by atoms with E-state index in [2.05, 4.69) is 40.1 Å². The van der Waals surface area contributed by atoms with Crippen LogP contribution in [0.5, 0.6) is 0 Å². The number of nitrogens with zero attached hydrogens (tertiary/aromatic N) is 5. The van der Waals surface area contributed by atoms with Crippen LogP contribution < -0.4 is 16.0 Å². The number of pyridine rings is 2. The van der Waals surface area contributed by atoms with Crippen LogP contribution in [0, 0.1) is 5.92 Å². The quantitative estimate of drug-likeness (QED) is 0.667. The Morgan fingerprint density at radius 3 is 2.56 bits per heavy atom. The largest absolute Gasteiger partial charge is 0.383 e. The summed E-state index contributed by atoms with van der Waals surface area (Å²) in [6.07, 6.45) is 5.84. The van der Waals surface area contributed by atoms with Gasteiger partial charge in [-0.15, -0.1) is 0 Å². The minimum Gasteiger partial charge on any atom is -0.383 e. The van der Waals surface area contributed by atoms with Crippen molar-refractivity contribution in [1.82, 2.24) is 19.8 Å². The van der Waals surface area contributed by atoms with Crippen molar-refractivity contribution in [3.63, 3.8) is 0 Å². The Morgan fingerprint density at radius 2 is 1.88 bits per heavy atom. The predicted molar refractivity (Wildman–Crippen MR) is 133 cm³/mol. The Hall–Kier alpha value is -3.20. The lowest BCUT2D eigenvalue weighted by molar-refractivity contribution is -0.146. The number of nitrogen functional groups attached to an aromatic ring is 1. The summed E-state index contributed by atoms with van der Waals surface area (Å²) in [5, 5.41) is 2.71. The Bertz CT molecular complexity index is 1020. The lowest BCUT2D eigenvalue weighted by Gasteiger charge is -2.38. The van der Waals surface area contributed by atoms with Crippen molar-refractivity contribution in [1.29, 1.82) is 0 Å². The maximum absolute atomic E-state index is 13.2. The van der Waals surface area contributed by atoms with Crippen molar-refractivity contribution in [3.05, 3.63) is 41.7 Å². The Morgan fingerprint density at radius 1 is 1.12 bits per heavy atom. The number of rotatable bonds is 4. The van der Waals surface area contributed by atoms with Gasteiger partial charge in [0.25, 0.3) is 0 Å². The van der Waals surface area contributed by atoms with Gasteiger partial charge in [0.2, 0.25) is 0 Å². The van der Waals surface area contributed by atoms with Crippen molar-refractivity contribution in [2.75, 3.05) is 55.7 Å². The highest BCUT2D eigenvalue weighted by Crippen LogP contribution is 2.34. The number of nitrogens with one attached hydrogen (secondary N) is 1. The number of hydrogen-bond acceptors (Lipinski definition) is 7. The zero-order chi connectivity index (χ0) is 24.2. The van der Waals surface area contributed by atoms with Crippen molar-refractivity contribution in [2.24, 2.45) is 5.92 Å². The van der Waals surface area contributed by atoms with E-state index in [0.717, 1.165) is 56.0 Å². The van der Waals surface area contributed by atoms with Crippen LogP contribution in [0.4, 0.5) is 17.3 Å². The van der Waals surface area contributed by atoms with E-state index < -0.39 is 11.8 Å². The summed E-state index contributed by atoms with van der Waals surface area (Å²) in [5.74, 6) is 0.531. The first-order valence-electron chi connectivity index (χ1n) is 12.1. The fourth-order valence-electron chi connectivity index (χ4n) is 4.73. The van der Waals surface area contributed by atoms with Gasteiger partial charge in [-0.3, -0.25) is 9.59 Å². The summed E-state index contributed by atoms with van der Waals surface area (Å²) in [4.78, 5) is 41.2. The third-order valence-corrected chi connectivity index (χ3v) is 6.90.